The van der Waals surface area contributed by atoms with Crippen molar-refractivity contribution >= 4 is 5.57 Å². The second-order valence-corrected chi connectivity index (χ2v) is 3.81. The summed E-state index contributed by atoms with van der Waals surface area (Å²) in [5.74, 6) is 0. The molecule has 72 valence electrons. The lowest BCUT2D eigenvalue weighted by atomic mass is 10.0. The van der Waals surface area contributed by atoms with E-state index in [0.717, 1.165) is 6.42 Å². The smallest absolute Gasteiger partial charge is 0.00581 e. The Balaban J connectivity index is 2.06. The molecule has 0 nitrogen and oxygen atoms in total. The van der Waals surface area contributed by atoms with E-state index in [0.29, 0.717) is 0 Å². The first-order chi connectivity index (χ1) is 6.90. The first kappa shape index (κ1) is 9.26. The molecule has 0 saturated heterocycles. The van der Waals surface area contributed by atoms with Crippen LogP contribution in [0.4, 0.5) is 0 Å². The van der Waals surface area contributed by atoms with Crippen LogP contribution in [0.15, 0.2) is 48.1 Å². The third-order valence-electron chi connectivity index (χ3n) is 2.65. The van der Waals surface area contributed by atoms with Gasteiger partial charge in [-0.3, -0.25) is 0 Å². The molecule has 0 saturated carbocycles. The minimum Gasteiger partial charge on any atom is -0.0658 e. The number of benzene rings is 1. The van der Waals surface area contributed by atoms with Gasteiger partial charge in [-0.1, -0.05) is 61.4 Å². The van der Waals surface area contributed by atoms with Crippen LogP contribution in [0.2, 0.25) is 0 Å². The minimum atomic E-state index is 1.15. The summed E-state index contributed by atoms with van der Waals surface area (Å²) < 4.78 is 0. The summed E-state index contributed by atoms with van der Waals surface area (Å²) in [4.78, 5) is 0. The van der Waals surface area contributed by atoms with Crippen LogP contribution >= 0.6 is 0 Å². The molecule has 1 aliphatic rings. The van der Waals surface area contributed by atoms with Crippen molar-refractivity contribution in [1.29, 1.82) is 0 Å². The summed E-state index contributed by atoms with van der Waals surface area (Å²) in [5.41, 5.74) is 4.41. The van der Waals surface area contributed by atoms with Crippen LogP contribution in [0.1, 0.15) is 31.7 Å². The lowest BCUT2D eigenvalue weighted by Crippen LogP contribution is -1.83. The Morgan fingerprint density at radius 2 is 1.86 bits per heavy atom. The van der Waals surface area contributed by atoms with Gasteiger partial charge in [-0.2, -0.15) is 0 Å². The normalized spacial score (nSPS) is 15.2. The number of rotatable bonds is 3. The number of hydrogen-bond donors (Lipinski definition) is 0. The van der Waals surface area contributed by atoms with Gasteiger partial charge in [0.15, 0.2) is 0 Å². The topological polar surface area (TPSA) is 0 Å². The van der Waals surface area contributed by atoms with Crippen LogP contribution in [-0.2, 0) is 0 Å². The summed E-state index contributed by atoms with van der Waals surface area (Å²) in [6, 6.07) is 10.7. The summed E-state index contributed by atoms with van der Waals surface area (Å²) in [6.07, 6.45) is 8.19. The molecular weight excluding hydrogens is 168 g/mol. The van der Waals surface area contributed by atoms with Gasteiger partial charge in [0.2, 0.25) is 0 Å². The van der Waals surface area contributed by atoms with Crippen LogP contribution in [0.3, 0.4) is 0 Å². The maximum atomic E-state index is 2.28. The summed E-state index contributed by atoms with van der Waals surface area (Å²) in [5, 5.41) is 0. The quantitative estimate of drug-likeness (QED) is 0.660. The molecule has 1 aliphatic carbocycles. The van der Waals surface area contributed by atoms with Crippen molar-refractivity contribution < 1.29 is 0 Å². The second kappa shape index (κ2) is 4.28. The van der Waals surface area contributed by atoms with E-state index in [1.165, 1.54) is 24.0 Å². The number of hydrogen-bond acceptors (Lipinski definition) is 0. The van der Waals surface area contributed by atoms with Gasteiger partial charge < -0.3 is 0 Å². The van der Waals surface area contributed by atoms with E-state index < -0.39 is 0 Å². The molecule has 0 spiro atoms. The molecule has 0 aliphatic heterocycles. The Labute approximate surface area is 86.0 Å². The molecule has 0 fully saturated rings. The molecule has 0 unspecified atom stereocenters. The first-order valence-electron chi connectivity index (χ1n) is 5.34. The van der Waals surface area contributed by atoms with Crippen LogP contribution in [0, 0.1) is 0 Å². The molecule has 0 atom stereocenters. The van der Waals surface area contributed by atoms with Crippen molar-refractivity contribution in [1.82, 2.24) is 0 Å². The van der Waals surface area contributed by atoms with Gasteiger partial charge in [0.1, 0.15) is 0 Å². The van der Waals surface area contributed by atoms with Crippen molar-refractivity contribution in [3.8, 4) is 0 Å². The van der Waals surface area contributed by atoms with Crippen LogP contribution < -0.4 is 0 Å². The van der Waals surface area contributed by atoms with Gasteiger partial charge in [0, 0.05) is 0 Å². The summed E-state index contributed by atoms with van der Waals surface area (Å²) in [6.45, 7) is 2.24. The van der Waals surface area contributed by atoms with Crippen LogP contribution in [0.25, 0.3) is 5.57 Å². The van der Waals surface area contributed by atoms with E-state index in [2.05, 4.69) is 49.4 Å². The maximum Gasteiger partial charge on any atom is -0.00581 e. The van der Waals surface area contributed by atoms with Crippen molar-refractivity contribution in [3.63, 3.8) is 0 Å². The molecule has 14 heavy (non-hydrogen) atoms. The average Bonchev–Trinajstić information content (AvgIpc) is 2.68. The van der Waals surface area contributed by atoms with Gasteiger partial charge in [0.05, 0.1) is 0 Å². The van der Waals surface area contributed by atoms with Gasteiger partial charge in [-0.05, 0) is 24.0 Å². The van der Waals surface area contributed by atoms with Gasteiger partial charge >= 0.3 is 0 Å². The Morgan fingerprint density at radius 1 is 1.07 bits per heavy atom. The highest BCUT2D eigenvalue weighted by atomic mass is 14.1. The molecule has 2 rings (SSSR count). The molecule has 0 amide bonds. The summed E-state index contributed by atoms with van der Waals surface area (Å²) in [7, 11) is 0. The zero-order valence-electron chi connectivity index (χ0n) is 8.66. The van der Waals surface area contributed by atoms with E-state index in [4.69, 9.17) is 0 Å². The third-order valence-corrected chi connectivity index (χ3v) is 2.65. The minimum absolute atomic E-state index is 1.15. The molecule has 1 aromatic carbocycles. The third kappa shape index (κ3) is 1.95. The predicted molar refractivity (Wildman–Crippen MR) is 62.0 cm³/mol. The van der Waals surface area contributed by atoms with Gasteiger partial charge in [-0.25, -0.2) is 0 Å². The van der Waals surface area contributed by atoms with E-state index in [1.807, 2.05) is 0 Å². The average molecular weight is 184 g/mol. The van der Waals surface area contributed by atoms with Crippen molar-refractivity contribution in [2.24, 2.45) is 0 Å². The number of allylic oxidation sites excluding steroid dienone is 4. The van der Waals surface area contributed by atoms with Gasteiger partial charge in [0.25, 0.3) is 0 Å². The predicted octanol–water partition coefficient (Wildman–Crippen LogP) is 4.20. The SMILES string of the molecule is CCCC1=CC=C(c2ccccc2)C1. The molecule has 0 heteroatoms. The molecule has 0 bridgehead atoms. The van der Waals surface area contributed by atoms with E-state index in [-0.39, 0.29) is 0 Å². The largest absolute Gasteiger partial charge is 0.0658 e. The highest BCUT2D eigenvalue weighted by Crippen LogP contribution is 2.29. The zero-order chi connectivity index (χ0) is 9.80. The fourth-order valence-corrected chi connectivity index (χ4v) is 1.92. The van der Waals surface area contributed by atoms with Crippen LogP contribution in [0.5, 0.6) is 0 Å². The second-order valence-electron chi connectivity index (χ2n) is 3.81. The van der Waals surface area contributed by atoms with E-state index in [9.17, 15) is 0 Å². The Kier molecular flexibility index (Phi) is 2.83. The molecule has 0 N–H and O–H groups in total. The zero-order valence-corrected chi connectivity index (χ0v) is 8.66. The monoisotopic (exact) mass is 184 g/mol. The highest BCUT2D eigenvalue weighted by Gasteiger charge is 2.08. The van der Waals surface area contributed by atoms with Crippen LogP contribution in [-0.4, -0.2) is 0 Å². The fourth-order valence-electron chi connectivity index (χ4n) is 1.92. The van der Waals surface area contributed by atoms with Crippen molar-refractivity contribution in [2.45, 2.75) is 26.2 Å². The Hall–Kier alpha value is -1.30. The molecular formula is C14H16. The standard InChI is InChI=1S/C14H16/c1-2-6-12-9-10-14(11-12)13-7-4-3-5-8-13/h3-5,7-10H,2,6,11H2,1H3. The van der Waals surface area contributed by atoms with Gasteiger partial charge in [-0.15, -0.1) is 0 Å². The summed E-state index contributed by atoms with van der Waals surface area (Å²) >= 11 is 0. The van der Waals surface area contributed by atoms with Crippen molar-refractivity contribution in [3.05, 3.63) is 53.6 Å². The lowest BCUT2D eigenvalue weighted by molar-refractivity contribution is 0.890. The Morgan fingerprint density at radius 3 is 2.57 bits per heavy atom. The van der Waals surface area contributed by atoms with E-state index in [1.54, 1.807) is 5.57 Å². The molecule has 0 heterocycles. The highest BCUT2D eigenvalue weighted by molar-refractivity contribution is 5.72. The molecule has 0 radical (unpaired) electrons. The van der Waals surface area contributed by atoms with Crippen molar-refractivity contribution in [2.75, 3.05) is 0 Å². The first-order valence-corrected chi connectivity index (χ1v) is 5.34. The fraction of sp³-hybridized carbons (Fsp3) is 0.286. The maximum absolute atomic E-state index is 2.28. The molecule has 1 aromatic rings. The molecule has 0 aromatic heterocycles. The van der Waals surface area contributed by atoms with E-state index >= 15 is 0 Å². The lowest BCUT2D eigenvalue weighted by Gasteiger charge is -2.04. The Bertz CT molecular complexity index is 355.